The molecule has 1 aliphatic heterocycles. The van der Waals surface area contributed by atoms with Crippen LogP contribution in [0.1, 0.15) is 18.1 Å². The van der Waals surface area contributed by atoms with Gasteiger partial charge in [0.1, 0.15) is 0 Å². The number of aryl methyl sites for hydroxylation is 1. The first kappa shape index (κ1) is 24.7. The van der Waals surface area contributed by atoms with E-state index in [1.165, 1.54) is 12.3 Å². The van der Waals surface area contributed by atoms with Crippen molar-refractivity contribution in [1.29, 1.82) is 0 Å². The second-order valence-corrected chi connectivity index (χ2v) is 10.2. The van der Waals surface area contributed by atoms with Gasteiger partial charge in [0.05, 0.1) is 10.8 Å². The summed E-state index contributed by atoms with van der Waals surface area (Å²) in [4.78, 5) is 20.9. The molecule has 174 valence electrons. The Bertz CT molecular complexity index is 1050. The summed E-state index contributed by atoms with van der Waals surface area (Å²) in [5.41, 5.74) is 1.57. The molecule has 0 saturated carbocycles. The standard InChI is InChI=1S/C21H25Cl2N3O5S/c1-15-12-25(13-16-2-4-18(22)5-3-16)7-8-26(15)20(27)14-31-21-17(6-9-32(28,29)30)10-19(23)11-24-21/h2-5,10-11,15H,6-9,12-14H2,1H3,(H,28,29,30)/t15-/m1/s1. The van der Waals surface area contributed by atoms with E-state index >= 15 is 0 Å². The maximum atomic E-state index is 12.8. The van der Waals surface area contributed by atoms with Gasteiger partial charge in [-0.05, 0) is 37.1 Å². The Morgan fingerprint density at radius 2 is 1.94 bits per heavy atom. The van der Waals surface area contributed by atoms with Crippen LogP contribution in [0.15, 0.2) is 36.5 Å². The minimum absolute atomic E-state index is 0.00401. The summed E-state index contributed by atoms with van der Waals surface area (Å²) in [5.74, 6) is -0.548. The van der Waals surface area contributed by atoms with Gasteiger partial charge >= 0.3 is 0 Å². The van der Waals surface area contributed by atoms with E-state index in [2.05, 4.69) is 9.88 Å². The van der Waals surface area contributed by atoms with Crippen LogP contribution in [0.25, 0.3) is 0 Å². The van der Waals surface area contributed by atoms with Crippen LogP contribution < -0.4 is 4.74 Å². The Morgan fingerprint density at radius 1 is 1.22 bits per heavy atom. The van der Waals surface area contributed by atoms with Crippen LogP contribution in [0.2, 0.25) is 10.0 Å². The van der Waals surface area contributed by atoms with Crippen molar-refractivity contribution in [2.75, 3.05) is 32.0 Å². The quantitative estimate of drug-likeness (QED) is 0.554. The maximum Gasteiger partial charge on any atom is 0.265 e. The van der Waals surface area contributed by atoms with E-state index in [1.54, 1.807) is 4.90 Å². The number of ether oxygens (including phenoxy) is 1. The minimum atomic E-state index is -4.15. The number of piperazine rings is 1. The van der Waals surface area contributed by atoms with E-state index in [9.17, 15) is 13.2 Å². The number of nitrogens with zero attached hydrogens (tertiary/aromatic N) is 3. The summed E-state index contributed by atoms with van der Waals surface area (Å²) >= 11 is 11.9. The van der Waals surface area contributed by atoms with Crippen molar-refractivity contribution in [1.82, 2.24) is 14.8 Å². The Morgan fingerprint density at radius 3 is 2.59 bits per heavy atom. The maximum absolute atomic E-state index is 12.8. The highest BCUT2D eigenvalue weighted by molar-refractivity contribution is 7.85. The highest BCUT2D eigenvalue weighted by atomic mass is 35.5. The third-order valence-corrected chi connectivity index (χ3v) is 6.38. The zero-order valence-electron chi connectivity index (χ0n) is 17.6. The molecule has 1 aromatic carbocycles. The van der Waals surface area contributed by atoms with E-state index < -0.39 is 15.9 Å². The molecule has 0 unspecified atom stereocenters. The fourth-order valence-electron chi connectivity index (χ4n) is 3.62. The van der Waals surface area contributed by atoms with Crippen LogP contribution in [-0.2, 0) is 27.9 Å². The number of benzene rings is 1. The van der Waals surface area contributed by atoms with Crippen LogP contribution in [0, 0.1) is 0 Å². The second kappa shape index (κ2) is 10.8. The number of pyridine rings is 1. The average molecular weight is 502 g/mol. The molecule has 0 bridgehead atoms. The van der Waals surface area contributed by atoms with Crippen LogP contribution in [0.5, 0.6) is 5.88 Å². The number of rotatable bonds is 8. The second-order valence-electron chi connectivity index (χ2n) is 7.74. The molecule has 1 aliphatic rings. The highest BCUT2D eigenvalue weighted by Crippen LogP contribution is 2.21. The van der Waals surface area contributed by atoms with Crippen LogP contribution in [0.3, 0.4) is 0 Å². The van der Waals surface area contributed by atoms with Crippen molar-refractivity contribution >= 4 is 39.2 Å². The average Bonchev–Trinajstić information content (AvgIpc) is 2.72. The molecule has 0 spiro atoms. The summed E-state index contributed by atoms with van der Waals surface area (Å²) in [7, 11) is -4.15. The monoisotopic (exact) mass is 501 g/mol. The lowest BCUT2D eigenvalue weighted by Gasteiger charge is -2.39. The molecule has 32 heavy (non-hydrogen) atoms. The SMILES string of the molecule is C[C@@H]1CN(Cc2ccc(Cl)cc2)CCN1C(=O)COc1ncc(Cl)cc1CCS(=O)(=O)O. The number of carbonyl (C=O) groups excluding carboxylic acids is 1. The number of amides is 1. The highest BCUT2D eigenvalue weighted by Gasteiger charge is 2.28. The Kier molecular flexibility index (Phi) is 8.35. The molecule has 0 aliphatic carbocycles. The first-order chi connectivity index (χ1) is 15.1. The smallest absolute Gasteiger partial charge is 0.265 e. The van der Waals surface area contributed by atoms with Crippen molar-refractivity contribution in [2.45, 2.75) is 25.9 Å². The van der Waals surface area contributed by atoms with Gasteiger partial charge in [0, 0.05) is 49.0 Å². The van der Waals surface area contributed by atoms with E-state index in [0.717, 1.165) is 25.2 Å². The molecular formula is C21H25Cl2N3O5S. The van der Waals surface area contributed by atoms with Gasteiger partial charge in [0.25, 0.3) is 16.0 Å². The summed E-state index contributed by atoms with van der Waals surface area (Å²) in [6.45, 7) is 4.58. The number of hydrogen-bond acceptors (Lipinski definition) is 6. The molecular weight excluding hydrogens is 477 g/mol. The van der Waals surface area contributed by atoms with Gasteiger partial charge in [0.2, 0.25) is 5.88 Å². The lowest BCUT2D eigenvalue weighted by atomic mass is 10.1. The third kappa shape index (κ3) is 7.31. The summed E-state index contributed by atoms with van der Waals surface area (Å²) in [5, 5.41) is 1.01. The van der Waals surface area contributed by atoms with Gasteiger partial charge in [-0.2, -0.15) is 8.42 Å². The van der Waals surface area contributed by atoms with E-state index in [-0.39, 0.29) is 30.9 Å². The molecule has 11 heteroatoms. The fraction of sp³-hybridized carbons (Fsp3) is 0.429. The van der Waals surface area contributed by atoms with E-state index in [0.29, 0.717) is 22.2 Å². The van der Waals surface area contributed by atoms with Gasteiger partial charge in [0.15, 0.2) is 6.61 Å². The van der Waals surface area contributed by atoms with Crippen LogP contribution in [0.4, 0.5) is 0 Å². The molecule has 1 aromatic heterocycles. The molecule has 8 nitrogen and oxygen atoms in total. The molecule has 2 heterocycles. The van der Waals surface area contributed by atoms with Crippen molar-refractivity contribution in [3.8, 4) is 5.88 Å². The largest absolute Gasteiger partial charge is 0.467 e. The number of carbonyl (C=O) groups is 1. The van der Waals surface area contributed by atoms with Crippen molar-refractivity contribution in [3.63, 3.8) is 0 Å². The third-order valence-electron chi connectivity index (χ3n) is 5.21. The molecule has 2 aromatic rings. The normalized spacial score (nSPS) is 17.4. The van der Waals surface area contributed by atoms with Gasteiger partial charge in [-0.25, -0.2) is 4.98 Å². The molecule has 1 atom stereocenters. The van der Waals surface area contributed by atoms with Crippen molar-refractivity contribution in [3.05, 3.63) is 57.7 Å². The molecule has 1 fully saturated rings. The molecule has 1 saturated heterocycles. The van der Waals surface area contributed by atoms with Crippen molar-refractivity contribution in [2.24, 2.45) is 0 Å². The first-order valence-corrected chi connectivity index (χ1v) is 12.5. The summed E-state index contributed by atoms with van der Waals surface area (Å²) in [6, 6.07) is 9.24. The zero-order chi connectivity index (χ0) is 23.3. The lowest BCUT2D eigenvalue weighted by Crippen LogP contribution is -2.54. The number of aromatic nitrogens is 1. The summed E-state index contributed by atoms with van der Waals surface area (Å²) < 4.78 is 36.7. The van der Waals surface area contributed by atoms with Gasteiger partial charge < -0.3 is 9.64 Å². The fourth-order valence-corrected chi connectivity index (χ4v) is 4.41. The molecule has 0 radical (unpaired) electrons. The van der Waals surface area contributed by atoms with Crippen LogP contribution in [-0.4, -0.2) is 71.7 Å². The van der Waals surface area contributed by atoms with Gasteiger partial charge in [-0.15, -0.1) is 0 Å². The molecule has 1 amide bonds. The van der Waals surface area contributed by atoms with E-state index in [4.69, 9.17) is 32.5 Å². The zero-order valence-corrected chi connectivity index (χ0v) is 19.9. The van der Waals surface area contributed by atoms with Gasteiger partial charge in [-0.1, -0.05) is 35.3 Å². The molecule has 3 rings (SSSR count). The number of halogens is 2. The number of hydrogen-bond donors (Lipinski definition) is 1. The van der Waals surface area contributed by atoms with Crippen molar-refractivity contribution < 1.29 is 22.5 Å². The Labute approximate surface area is 197 Å². The predicted octanol–water partition coefficient (Wildman–Crippen LogP) is 2.93. The predicted molar refractivity (Wildman–Crippen MR) is 123 cm³/mol. The Balaban J connectivity index is 1.55. The van der Waals surface area contributed by atoms with Crippen LogP contribution >= 0.6 is 23.2 Å². The van der Waals surface area contributed by atoms with E-state index in [1.807, 2.05) is 31.2 Å². The minimum Gasteiger partial charge on any atom is -0.467 e. The first-order valence-electron chi connectivity index (χ1n) is 10.1. The topological polar surface area (TPSA) is 100 Å². The summed E-state index contributed by atoms with van der Waals surface area (Å²) in [6.07, 6.45) is 1.33. The Hall–Kier alpha value is -1.91. The van der Waals surface area contributed by atoms with Gasteiger partial charge in [-0.3, -0.25) is 14.2 Å². The lowest BCUT2D eigenvalue weighted by molar-refractivity contribution is -0.138. The molecule has 1 N–H and O–H groups in total.